The molecule has 0 spiro atoms. The molecule has 0 saturated heterocycles. The Morgan fingerprint density at radius 3 is 1.75 bits per heavy atom. The van der Waals surface area contributed by atoms with Gasteiger partial charge in [0.25, 0.3) is 0 Å². The van der Waals surface area contributed by atoms with Gasteiger partial charge in [0.1, 0.15) is 4.32 Å². The van der Waals surface area contributed by atoms with Crippen molar-refractivity contribution < 1.29 is 19.8 Å². The second kappa shape index (κ2) is 7.89. The second-order valence-electron chi connectivity index (χ2n) is 2.67. The van der Waals surface area contributed by atoms with Gasteiger partial charge in [-0.3, -0.25) is 0 Å². The van der Waals surface area contributed by atoms with E-state index in [1.165, 1.54) is 17.1 Å². The van der Waals surface area contributed by atoms with Gasteiger partial charge in [0.15, 0.2) is 0 Å². The van der Waals surface area contributed by atoms with E-state index in [0.717, 1.165) is 12.2 Å². The molecule has 0 aromatic heterocycles. The number of carboxylic acid groups (broad SMARTS) is 2. The van der Waals surface area contributed by atoms with Crippen LogP contribution < -0.4 is 0 Å². The molecule has 0 radical (unpaired) electrons. The predicted molar refractivity (Wildman–Crippen MR) is 66.7 cm³/mol. The van der Waals surface area contributed by atoms with Gasteiger partial charge >= 0.3 is 11.9 Å². The number of rotatable bonds is 6. The lowest BCUT2D eigenvalue weighted by Gasteiger charge is -2.18. The Hall–Kier alpha value is -1.34. The Bertz CT molecular complexity index is 312. The van der Waals surface area contributed by atoms with Gasteiger partial charge < -0.3 is 15.1 Å². The maximum absolute atomic E-state index is 10.2. The molecule has 0 amide bonds. The lowest BCUT2D eigenvalue weighted by molar-refractivity contribution is -0.132. The van der Waals surface area contributed by atoms with E-state index < -0.39 is 11.9 Å². The topological polar surface area (TPSA) is 77.8 Å². The van der Waals surface area contributed by atoms with E-state index in [2.05, 4.69) is 12.6 Å². The van der Waals surface area contributed by atoms with Crippen LogP contribution in [0.25, 0.3) is 0 Å². The van der Waals surface area contributed by atoms with Crippen molar-refractivity contribution in [3.05, 3.63) is 24.3 Å². The third kappa shape index (κ3) is 8.01. The van der Waals surface area contributed by atoms with Crippen LogP contribution in [0.2, 0.25) is 0 Å². The molecule has 2 N–H and O–H groups in total. The quantitative estimate of drug-likeness (QED) is 0.373. The van der Waals surface area contributed by atoms with Crippen molar-refractivity contribution in [2.24, 2.45) is 0 Å². The van der Waals surface area contributed by atoms with Crippen molar-refractivity contribution in [3.63, 3.8) is 0 Å². The number of hydrogen-bond acceptors (Lipinski definition) is 3. The molecule has 16 heavy (non-hydrogen) atoms. The van der Waals surface area contributed by atoms with Gasteiger partial charge in [0.2, 0.25) is 0 Å². The van der Waals surface area contributed by atoms with Gasteiger partial charge in [0, 0.05) is 25.2 Å². The summed E-state index contributed by atoms with van der Waals surface area (Å²) >= 11 is 8.74. The summed E-state index contributed by atoms with van der Waals surface area (Å²) in [6.45, 7) is 0.525. The minimum Gasteiger partial charge on any atom is -0.478 e. The molecular formula is C9H11NO4S2. The highest BCUT2D eigenvalue weighted by Gasteiger charge is 2.02. The summed E-state index contributed by atoms with van der Waals surface area (Å²) in [7, 11) is 0. The number of aliphatic carboxylic acids is 2. The molecule has 0 fully saturated rings. The zero-order valence-electron chi connectivity index (χ0n) is 8.24. The van der Waals surface area contributed by atoms with E-state index in [4.69, 9.17) is 22.4 Å². The maximum atomic E-state index is 10.2. The normalized spacial score (nSPS) is 10.8. The molecule has 0 heterocycles. The minimum absolute atomic E-state index is 0.262. The third-order valence-electron chi connectivity index (χ3n) is 1.44. The zero-order valence-corrected chi connectivity index (χ0v) is 9.95. The smallest absolute Gasteiger partial charge is 0.328 e. The molecule has 0 aromatic carbocycles. The first-order valence-electron chi connectivity index (χ1n) is 4.20. The fourth-order valence-electron chi connectivity index (χ4n) is 0.792. The molecule has 7 heteroatoms. The van der Waals surface area contributed by atoms with Crippen molar-refractivity contribution in [1.82, 2.24) is 4.90 Å². The van der Waals surface area contributed by atoms with Crippen LogP contribution in [0.3, 0.4) is 0 Å². The summed E-state index contributed by atoms with van der Waals surface area (Å²) in [6.07, 6.45) is 4.78. The van der Waals surface area contributed by atoms with E-state index in [1.807, 2.05) is 0 Å². The van der Waals surface area contributed by atoms with E-state index in [9.17, 15) is 9.59 Å². The summed E-state index contributed by atoms with van der Waals surface area (Å²) in [5, 5.41) is 16.7. The highest BCUT2D eigenvalue weighted by molar-refractivity contribution is 8.10. The highest BCUT2D eigenvalue weighted by atomic mass is 32.1. The minimum atomic E-state index is -1.05. The van der Waals surface area contributed by atoms with E-state index in [-0.39, 0.29) is 17.4 Å². The first kappa shape index (κ1) is 14.7. The van der Waals surface area contributed by atoms with Gasteiger partial charge in [-0.05, 0) is 0 Å². The number of nitrogens with zero attached hydrogens (tertiary/aromatic N) is 1. The molecule has 88 valence electrons. The Morgan fingerprint density at radius 1 is 1.12 bits per heavy atom. The number of thiocarbonyl (C=S) groups is 1. The second-order valence-corrected chi connectivity index (χ2v) is 3.78. The SMILES string of the molecule is O=C(O)C=CCN(CC=CC(=O)O)C(=S)S. The summed E-state index contributed by atoms with van der Waals surface area (Å²) < 4.78 is 0.269. The lowest BCUT2D eigenvalue weighted by atomic mass is 10.4. The van der Waals surface area contributed by atoms with Crippen LogP contribution in [-0.4, -0.2) is 44.5 Å². The molecule has 0 aliphatic rings. The standard InChI is InChI=1S/C9H11NO4S2/c11-7(12)3-1-5-10(9(15)16)6-2-4-8(13)14/h1-4H,5-6H2,(H,11,12)(H,13,14)(H,15,16). The molecule has 0 rings (SSSR count). The van der Waals surface area contributed by atoms with E-state index in [1.54, 1.807) is 0 Å². The van der Waals surface area contributed by atoms with Crippen molar-refractivity contribution in [2.75, 3.05) is 13.1 Å². The number of thiol groups is 1. The van der Waals surface area contributed by atoms with Crippen LogP contribution in [0.1, 0.15) is 0 Å². The number of carbonyl (C=O) groups is 2. The van der Waals surface area contributed by atoms with Gasteiger partial charge in [-0.1, -0.05) is 24.4 Å². The van der Waals surface area contributed by atoms with Gasteiger partial charge in [-0.15, -0.1) is 12.6 Å². The van der Waals surface area contributed by atoms with Crippen molar-refractivity contribution in [1.29, 1.82) is 0 Å². The molecule has 0 aliphatic heterocycles. The molecule has 0 aliphatic carbocycles. The third-order valence-corrected chi connectivity index (χ3v) is 1.98. The van der Waals surface area contributed by atoms with Gasteiger partial charge in [-0.2, -0.15) is 0 Å². The molecule has 5 nitrogen and oxygen atoms in total. The average Bonchev–Trinajstić information content (AvgIpc) is 2.14. The van der Waals surface area contributed by atoms with Crippen LogP contribution in [0, 0.1) is 0 Å². The summed E-state index contributed by atoms with van der Waals surface area (Å²) in [5.41, 5.74) is 0. The maximum Gasteiger partial charge on any atom is 0.328 e. The van der Waals surface area contributed by atoms with Crippen LogP contribution in [-0.2, 0) is 9.59 Å². The Labute approximate surface area is 103 Å². The molecule has 0 atom stereocenters. The highest BCUT2D eigenvalue weighted by Crippen LogP contribution is 1.97. The van der Waals surface area contributed by atoms with Crippen molar-refractivity contribution in [3.8, 4) is 0 Å². The van der Waals surface area contributed by atoms with E-state index in [0.29, 0.717) is 0 Å². The Morgan fingerprint density at radius 2 is 1.50 bits per heavy atom. The molecular weight excluding hydrogens is 250 g/mol. The van der Waals surface area contributed by atoms with Crippen LogP contribution >= 0.6 is 24.8 Å². The summed E-state index contributed by atoms with van der Waals surface area (Å²) in [4.78, 5) is 21.9. The predicted octanol–water partition coefficient (Wildman–Crippen LogP) is 0.785. The Balaban J connectivity index is 4.23. The van der Waals surface area contributed by atoms with Crippen LogP contribution in [0.15, 0.2) is 24.3 Å². The summed E-state index contributed by atoms with van der Waals surface area (Å²) in [6, 6.07) is 0. The van der Waals surface area contributed by atoms with Crippen LogP contribution in [0.4, 0.5) is 0 Å². The van der Waals surface area contributed by atoms with Crippen LogP contribution in [0.5, 0.6) is 0 Å². The largest absolute Gasteiger partial charge is 0.478 e. The summed E-state index contributed by atoms with van der Waals surface area (Å²) in [5.74, 6) is -2.10. The Kier molecular flexibility index (Phi) is 7.23. The molecule has 0 unspecified atom stereocenters. The van der Waals surface area contributed by atoms with Gasteiger partial charge in [-0.25, -0.2) is 9.59 Å². The molecule has 0 aromatic rings. The first-order valence-corrected chi connectivity index (χ1v) is 5.06. The number of hydrogen-bond donors (Lipinski definition) is 3. The fraction of sp³-hybridized carbons (Fsp3) is 0.222. The van der Waals surface area contributed by atoms with Crippen molar-refractivity contribution in [2.45, 2.75) is 0 Å². The monoisotopic (exact) mass is 261 g/mol. The zero-order chi connectivity index (χ0) is 12.6. The number of carboxylic acids is 2. The lowest BCUT2D eigenvalue weighted by Crippen LogP contribution is -2.26. The van der Waals surface area contributed by atoms with E-state index >= 15 is 0 Å². The van der Waals surface area contributed by atoms with Crippen molar-refractivity contribution >= 4 is 41.1 Å². The molecule has 0 saturated carbocycles. The average molecular weight is 261 g/mol. The first-order chi connectivity index (χ1) is 7.43. The molecule has 0 bridgehead atoms. The van der Waals surface area contributed by atoms with Gasteiger partial charge in [0.05, 0.1) is 0 Å². The fourth-order valence-corrected chi connectivity index (χ4v) is 1.10.